The number of nitrogens with one attached hydrogen (secondary N) is 1. The number of amides is 2. The molecule has 0 heterocycles. The van der Waals surface area contributed by atoms with Gasteiger partial charge in [-0.2, -0.15) is 0 Å². The fourth-order valence-electron chi connectivity index (χ4n) is 2.42. The molecular formula is C20H23ClN2O2. The molecule has 2 rings (SSSR count). The zero-order valence-corrected chi connectivity index (χ0v) is 15.9. The third-order valence-corrected chi connectivity index (χ3v) is 4.16. The molecule has 5 heteroatoms. The number of hydrogen-bond donors (Lipinski definition) is 1. The first kappa shape index (κ1) is 19.0. The first-order valence-electron chi connectivity index (χ1n) is 8.08. The Morgan fingerprint density at radius 1 is 1.00 bits per heavy atom. The molecule has 0 atom stereocenters. The van der Waals surface area contributed by atoms with Gasteiger partial charge in [0.2, 0.25) is 0 Å². The molecule has 4 nitrogen and oxygen atoms in total. The summed E-state index contributed by atoms with van der Waals surface area (Å²) in [5, 5.41) is 1.68. The molecule has 0 aliphatic carbocycles. The van der Waals surface area contributed by atoms with Crippen LogP contribution in [0.4, 0.5) is 0 Å². The molecule has 0 bridgehead atoms. The van der Waals surface area contributed by atoms with Gasteiger partial charge in [-0.3, -0.25) is 15.0 Å². The Hall–Kier alpha value is -2.33. The molecular weight excluding hydrogens is 336 g/mol. The first-order chi connectivity index (χ1) is 11.6. The number of halogens is 1. The number of carbonyl (C=O) groups excluding carboxylic acids is 2. The van der Waals surface area contributed by atoms with E-state index in [1.54, 1.807) is 24.3 Å². The SMILES string of the molecule is Cc1ccc(C)c(C(=O)NN(C(=O)c2ccccc2Cl)C(C)(C)C)c1. The van der Waals surface area contributed by atoms with Gasteiger partial charge >= 0.3 is 0 Å². The summed E-state index contributed by atoms with van der Waals surface area (Å²) in [5.41, 5.74) is 4.85. The minimum Gasteiger partial charge on any atom is -0.267 e. The Bertz CT molecular complexity index is 810. The number of carbonyl (C=O) groups is 2. The number of aryl methyl sites for hydroxylation is 2. The van der Waals surface area contributed by atoms with Gasteiger partial charge in [0.25, 0.3) is 11.8 Å². The minimum absolute atomic E-state index is 0.323. The van der Waals surface area contributed by atoms with E-state index in [2.05, 4.69) is 5.43 Å². The van der Waals surface area contributed by atoms with Gasteiger partial charge in [-0.25, -0.2) is 5.01 Å². The summed E-state index contributed by atoms with van der Waals surface area (Å²) in [6, 6.07) is 12.5. The quantitative estimate of drug-likeness (QED) is 0.801. The minimum atomic E-state index is -0.621. The van der Waals surface area contributed by atoms with E-state index in [9.17, 15) is 9.59 Å². The number of nitrogens with zero attached hydrogens (tertiary/aromatic N) is 1. The number of hydrogen-bond acceptors (Lipinski definition) is 2. The van der Waals surface area contributed by atoms with Crippen LogP contribution in [-0.4, -0.2) is 22.4 Å². The van der Waals surface area contributed by atoms with Crippen LogP contribution in [0.5, 0.6) is 0 Å². The molecule has 132 valence electrons. The van der Waals surface area contributed by atoms with E-state index in [4.69, 9.17) is 11.6 Å². The lowest BCUT2D eigenvalue weighted by molar-refractivity contribution is 0.0358. The van der Waals surface area contributed by atoms with Crippen LogP contribution in [0.1, 0.15) is 52.6 Å². The van der Waals surface area contributed by atoms with Crippen molar-refractivity contribution >= 4 is 23.4 Å². The molecule has 0 saturated heterocycles. The van der Waals surface area contributed by atoms with Gasteiger partial charge in [0.1, 0.15) is 0 Å². The maximum Gasteiger partial charge on any atom is 0.274 e. The normalized spacial score (nSPS) is 11.1. The highest BCUT2D eigenvalue weighted by Crippen LogP contribution is 2.21. The van der Waals surface area contributed by atoms with E-state index in [1.165, 1.54) is 5.01 Å². The van der Waals surface area contributed by atoms with Crippen molar-refractivity contribution in [1.82, 2.24) is 10.4 Å². The highest BCUT2D eigenvalue weighted by Gasteiger charge is 2.30. The number of benzene rings is 2. The third kappa shape index (κ3) is 4.40. The van der Waals surface area contributed by atoms with Crippen molar-refractivity contribution in [3.63, 3.8) is 0 Å². The van der Waals surface area contributed by atoms with Crippen LogP contribution in [-0.2, 0) is 0 Å². The first-order valence-corrected chi connectivity index (χ1v) is 8.46. The topological polar surface area (TPSA) is 49.4 Å². The highest BCUT2D eigenvalue weighted by atomic mass is 35.5. The van der Waals surface area contributed by atoms with Crippen molar-refractivity contribution in [2.75, 3.05) is 0 Å². The molecule has 25 heavy (non-hydrogen) atoms. The maximum absolute atomic E-state index is 13.0. The summed E-state index contributed by atoms with van der Waals surface area (Å²) < 4.78 is 0. The van der Waals surface area contributed by atoms with Crippen LogP contribution >= 0.6 is 11.6 Å². The predicted molar refractivity (Wildman–Crippen MR) is 101 cm³/mol. The van der Waals surface area contributed by atoms with E-state index in [1.807, 2.05) is 52.8 Å². The number of rotatable bonds is 2. The van der Waals surface area contributed by atoms with Crippen molar-refractivity contribution in [1.29, 1.82) is 0 Å². The summed E-state index contributed by atoms with van der Waals surface area (Å²) >= 11 is 6.15. The zero-order valence-electron chi connectivity index (χ0n) is 15.2. The van der Waals surface area contributed by atoms with Gasteiger partial charge in [0.15, 0.2) is 0 Å². The van der Waals surface area contributed by atoms with E-state index in [0.717, 1.165) is 11.1 Å². The average molecular weight is 359 g/mol. The Labute approximate surface area is 153 Å². The third-order valence-electron chi connectivity index (χ3n) is 3.83. The van der Waals surface area contributed by atoms with E-state index >= 15 is 0 Å². The molecule has 0 aliphatic heterocycles. The van der Waals surface area contributed by atoms with Gasteiger partial charge in [0, 0.05) is 5.56 Å². The monoisotopic (exact) mass is 358 g/mol. The lowest BCUT2D eigenvalue weighted by atomic mass is 10.0. The Balaban J connectivity index is 2.36. The zero-order chi connectivity index (χ0) is 18.8. The maximum atomic E-state index is 13.0. The van der Waals surface area contributed by atoms with Crippen molar-refractivity contribution in [2.45, 2.75) is 40.2 Å². The summed E-state index contributed by atoms with van der Waals surface area (Å²) in [6.45, 7) is 9.35. The largest absolute Gasteiger partial charge is 0.274 e. The van der Waals surface area contributed by atoms with E-state index in [0.29, 0.717) is 16.1 Å². The van der Waals surface area contributed by atoms with E-state index < -0.39 is 5.54 Å². The number of hydrazine groups is 1. The van der Waals surface area contributed by atoms with Gasteiger partial charge in [-0.1, -0.05) is 41.4 Å². The fraction of sp³-hybridized carbons (Fsp3) is 0.300. The molecule has 2 aromatic carbocycles. The van der Waals surface area contributed by atoms with Gasteiger partial charge in [0.05, 0.1) is 16.1 Å². The summed E-state index contributed by atoms with van der Waals surface area (Å²) in [4.78, 5) is 25.7. The molecule has 0 radical (unpaired) electrons. The van der Waals surface area contributed by atoms with Crippen LogP contribution in [0.2, 0.25) is 5.02 Å². The highest BCUT2D eigenvalue weighted by molar-refractivity contribution is 6.33. The van der Waals surface area contributed by atoms with Crippen LogP contribution < -0.4 is 5.43 Å². The fourth-order valence-corrected chi connectivity index (χ4v) is 2.64. The van der Waals surface area contributed by atoms with Crippen molar-refractivity contribution < 1.29 is 9.59 Å². The van der Waals surface area contributed by atoms with Crippen molar-refractivity contribution in [3.8, 4) is 0 Å². The van der Waals surface area contributed by atoms with Crippen molar-refractivity contribution in [2.24, 2.45) is 0 Å². The summed E-state index contributed by atoms with van der Waals surface area (Å²) in [5.74, 6) is -0.673. The Kier molecular flexibility index (Phi) is 5.53. The molecule has 0 fully saturated rings. The second-order valence-electron chi connectivity index (χ2n) is 7.05. The average Bonchev–Trinajstić information content (AvgIpc) is 2.53. The predicted octanol–water partition coefficient (Wildman–Crippen LogP) is 4.54. The molecule has 2 amide bonds. The van der Waals surface area contributed by atoms with Crippen LogP contribution in [0.25, 0.3) is 0 Å². The van der Waals surface area contributed by atoms with Gasteiger partial charge in [-0.05, 0) is 58.4 Å². The Morgan fingerprint density at radius 3 is 2.24 bits per heavy atom. The van der Waals surface area contributed by atoms with Crippen LogP contribution in [0.3, 0.4) is 0 Å². The Morgan fingerprint density at radius 2 is 1.64 bits per heavy atom. The summed E-state index contributed by atoms with van der Waals surface area (Å²) in [7, 11) is 0. The standard InChI is InChI=1S/C20H23ClN2O2/c1-13-10-11-14(2)16(12-13)18(24)22-23(20(3,4)5)19(25)15-8-6-7-9-17(15)21/h6-12H,1-5H3,(H,22,24). The summed E-state index contributed by atoms with van der Waals surface area (Å²) in [6.07, 6.45) is 0. The van der Waals surface area contributed by atoms with Crippen LogP contribution in [0, 0.1) is 13.8 Å². The van der Waals surface area contributed by atoms with Gasteiger partial charge in [-0.15, -0.1) is 0 Å². The molecule has 0 unspecified atom stereocenters. The lowest BCUT2D eigenvalue weighted by Gasteiger charge is -2.35. The molecule has 0 spiro atoms. The van der Waals surface area contributed by atoms with Gasteiger partial charge < -0.3 is 0 Å². The molecule has 0 saturated carbocycles. The second-order valence-corrected chi connectivity index (χ2v) is 7.46. The van der Waals surface area contributed by atoms with Crippen molar-refractivity contribution in [3.05, 3.63) is 69.7 Å². The second kappa shape index (κ2) is 7.28. The van der Waals surface area contributed by atoms with Crippen LogP contribution in [0.15, 0.2) is 42.5 Å². The molecule has 0 aliphatic rings. The van der Waals surface area contributed by atoms with E-state index in [-0.39, 0.29) is 11.8 Å². The smallest absolute Gasteiger partial charge is 0.267 e. The lowest BCUT2D eigenvalue weighted by Crippen LogP contribution is -2.56. The molecule has 2 aromatic rings. The molecule has 0 aromatic heterocycles. The molecule has 1 N–H and O–H groups in total.